The third kappa shape index (κ3) is 3.12. The fourth-order valence-electron chi connectivity index (χ4n) is 3.14. The lowest BCUT2D eigenvalue weighted by Crippen LogP contribution is -2.47. The van der Waals surface area contributed by atoms with Crippen molar-refractivity contribution in [2.45, 2.75) is 18.8 Å². The summed E-state index contributed by atoms with van der Waals surface area (Å²) in [5.74, 6) is 2.45. The Morgan fingerprint density at radius 1 is 0.885 bits per heavy atom. The summed E-state index contributed by atoms with van der Waals surface area (Å²) in [5.41, 5.74) is 1.99. The Kier molecular flexibility index (Phi) is 3.97. The van der Waals surface area contributed by atoms with Gasteiger partial charge in [0.2, 0.25) is 11.1 Å². The second kappa shape index (κ2) is 6.60. The highest BCUT2D eigenvalue weighted by atomic mass is 32.1. The lowest BCUT2D eigenvalue weighted by Gasteiger charge is -2.34. The van der Waals surface area contributed by atoms with Crippen LogP contribution in [0.2, 0.25) is 0 Å². The Morgan fingerprint density at radius 3 is 2.42 bits per heavy atom. The van der Waals surface area contributed by atoms with E-state index in [2.05, 4.69) is 24.1 Å². The predicted molar refractivity (Wildman–Crippen MR) is 102 cm³/mol. The van der Waals surface area contributed by atoms with Crippen molar-refractivity contribution in [1.29, 1.82) is 0 Å². The van der Waals surface area contributed by atoms with Gasteiger partial charge in [-0.15, -0.1) is 0 Å². The molecule has 4 heterocycles. The van der Waals surface area contributed by atoms with Crippen molar-refractivity contribution < 1.29 is 0 Å². The number of nitrogens with zero attached hydrogens (tertiary/aromatic N) is 7. The van der Waals surface area contributed by atoms with E-state index < -0.39 is 0 Å². The standard InChI is InChI=1S/C18H19N7S/c1-2-14(1)16-22-18(26-23-16)25-11-9-24(10-12-25)17-20-8-5-15(21-17)13-3-6-19-7-4-13/h3-8,14H,1-2,9-12H2. The van der Waals surface area contributed by atoms with Crippen molar-refractivity contribution >= 4 is 22.6 Å². The first-order valence-electron chi connectivity index (χ1n) is 8.94. The van der Waals surface area contributed by atoms with Gasteiger partial charge in [-0.2, -0.15) is 4.37 Å². The van der Waals surface area contributed by atoms with E-state index in [4.69, 9.17) is 9.97 Å². The van der Waals surface area contributed by atoms with Crippen molar-refractivity contribution in [3.63, 3.8) is 0 Å². The number of hydrogen-bond acceptors (Lipinski definition) is 8. The van der Waals surface area contributed by atoms with Crippen molar-refractivity contribution in [3.05, 3.63) is 42.6 Å². The molecule has 2 aliphatic rings. The first kappa shape index (κ1) is 15.6. The molecular weight excluding hydrogens is 346 g/mol. The monoisotopic (exact) mass is 365 g/mol. The fraction of sp³-hybridized carbons (Fsp3) is 0.389. The molecule has 26 heavy (non-hydrogen) atoms. The normalized spacial score (nSPS) is 17.5. The van der Waals surface area contributed by atoms with Gasteiger partial charge in [-0.1, -0.05) is 0 Å². The average Bonchev–Trinajstić information content (AvgIpc) is 3.46. The quantitative estimate of drug-likeness (QED) is 0.704. The zero-order valence-corrected chi connectivity index (χ0v) is 15.1. The van der Waals surface area contributed by atoms with Gasteiger partial charge >= 0.3 is 0 Å². The minimum Gasteiger partial charge on any atom is -0.343 e. The van der Waals surface area contributed by atoms with E-state index in [0.29, 0.717) is 5.92 Å². The minimum absolute atomic E-state index is 0.616. The summed E-state index contributed by atoms with van der Waals surface area (Å²) in [4.78, 5) is 22.6. The second-order valence-corrected chi connectivity index (χ2v) is 7.39. The summed E-state index contributed by atoms with van der Waals surface area (Å²) in [6, 6.07) is 5.88. The maximum Gasteiger partial charge on any atom is 0.225 e. The van der Waals surface area contributed by atoms with Crippen LogP contribution in [0.15, 0.2) is 36.8 Å². The van der Waals surface area contributed by atoms with Crippen LogP contribution < -0.4 is 9.80 Å². The molecule has 5 rings (SSSR count). The Bertz CT molecular complexity index is 885. The van der Waals surface area contributed by atoms with Crippen LogP contribution in [0.3, 0.4) is 0 Å². The largest absolute Gasteiger partial charge is 0.343 e. The van der Waals surface area contributed by atoms with Gasteiger partial charge in [0.15, 0.2) is 0 Å². The molecule has 0 unspecified atom stereocenters. The van der Waals surface area contributed by atoms with Crippen molar-refractivity contribution in [3.8, 4) is 11.3 Å². The number of rotatable bonds is 4. The number of piperazine rings is 1. The molecule has 0 atom stereocenters. The van der Waals surface area contributed by atoms with Crippen LogP contribution in [0.4, 0.5) is 11.1 Å². The Balaban J connectivity index is 1.27. The molecule has 3 aromatic heterocycles. The van der Waals surface area contributed by atoms with Crippen LogP contribution in [-0.2, 0) is 0 Å². The van der Waals surface area contributed by atoms with Gasteiger partial charge in [-0.25, -0.2) is 15.0 Å². The van der Waals surface area contributed by atoms with E-state index in [1.807, 2.05) is 24.4 Å². The molecule has 1 aliphatic heterocycles. The highest BCUT2D eigenvalue weighted by molar-refractivity contribution is 7.09. The van der Waals surface area contributed by atoms with Gasteiger partial charge in [0.1, 0.15) is 5.82 Å². The van der Waals surface area contributed by atoms with Gasteiger partial charge in [-0.3, -0.25) is 4.98 Å². The minimum atomic E-state index is 0.616. The molecule has 1 saturated heterocycles. The molecule has 2 fully saturated rings. The van der Waals surface area contributed by atoms with Crippen LogP contribution >= 0.6 is 11.5 Å². The summed E-state index contributed by atoms with van der Waals surface area (Å²) in [7, 11) is 0. The van der Waals surface area contributed by atoms with Gasteiger partial charge < -0.3 is 9.80 Å². The summed E-state index contributed by atoms with van der Waals surface area (Å²) >= 11 is 1.53. The van der Waals surface area contributed by atoms with Crippen molar-refractivity contribution in [2.24, 2.45) is 0 Å². The molecule has 0 radical (unpaired) electrons. The lowest BCUT2D eigenvalue weighted by molar-refractivity contribution is 0.638. The molecule has 0 amide bonds. The Hall–Kier alpha value is -2.61. The molecular formula is C18H19N7S. The SMILES string of the molecule is c1cc(-c2ccnc(N3CCN(c4nc(C5CC5)ns4)CC3)n2)ccn1. The topological polar surface area (TPSA) is 70.9 Å². The lowest BCUT2D eigenvalue weighted by atomic mass is 10.2. The number of pyridine rings is 1. The van der Waals surface area contributed by atoms with E-state index in [1.54, 1.807) is 12.4 Å². The summed E-state index contributed by atoms with van der Waals surface area (Å²) < 4.78 is 4.52. The number of anilines is 2. The van der Waals surface area contributed by atoms with Gasteiger partial charge in [-0.05, 0) is 31.0 Å². The van der Waals surface area contributed by atoms with Crippen LogP contribution in [0.1, 0.15) is 24.6 Å². The molecule has 132 valence electrons. The zero-order chi connectivity index (χ0) is 17.3. The maximum atomic E-state index is 4.74. The van der Waals surface area contributed by atoms with Crippen molar-refractivity contribution in [1.82, 2.24) is 24.3 Å². The van der Waals surface area contributed by atoms with Gasteiger partial charge in [0.25, 0.3) is 0 Å². The number of aromatic nitrogens is 5. The molecule has 1 saturated carbocycles. The van der Waals surface area contributed by atoms with E-state index in [-0.39, 0.29) is 0 Å². The molecule has 0 N–H and O–H groups in total. The Morgan fingerprint density at radius 2 is 1.65 bits per heavy atom. The Labute approximate surface area is 155 Å². The molecule has 8 heteroatoms. The van der Waals surface area contributed by atoms with Gasteiger partial charge in [0, 0.05) is 67.8 Å². The van der Waals surface area contributed by atoms with Crippen LogP contribution in [0.5, 0.6) is 0 Å². The molecule has 0 bridgehead atoms. The molecule has 7 nitrogen and oxygen atoms in total. The second-order valence-electron chi connectivity index (χ2n) is 6.66. The maximum absolute atomic E-state index is 4.74. The predicted octanol–water partition coefficient (Wildman–Crippen LogP) is 2.59. The first-order valence-corrected chi connectivity index (χ1v) is 9.71. The van der Waals surface area contributed by atoms with E-state index in [0.717, 1.165) is 54.3 Å². The molecule has 0 aromatic carbocycles. The average molecular weight is 365 g/mol. The van der Waals surface area contributed by atoms with E-state index >= 15 is 0 Å². The summed E-state index contributed by atoms with van der Waals surface area (Å²) in [5, 5.41) is 1.05. The van der Waals surface area contributed by atoms with E-state index in [1.165, 1.54) is 24.4 Å². The molecule has 0 spiro atoms. The first-order chi connectivity index (χ1) is 12.9. The third-order valence-electron chi connectivity index (χ3n) is 4.83. The van der Waals surface area contributed by atoms with Crippen molar-refractivity contribution in [2.75, 3.05) is 36.0 Å². The highest BCUT2D eigenvalue weighted by Crippen LogP contribution is 2.39. The number of hydrogen-bond donors (Lipinski definition) is 0. The molecule has 3 aromatic rings. The highest BCUT2D eigenvalue weighted by Gasteiger charge is 2.29. The van der Waals surface area contributed by atoms with Crippen LogP contribution in [0, 0.1) is 0 Å². The zero-order valence-electron chi connectivity index (χ0n) is 14.3. The fourth-order valence-corrected chi connectivity index (χ4v) is 3.94. The van der Waals surface area contributed by atoms with E-state index in [9.17, 15) is 0 Å². The van der Waals surface area contributed by atoms with Gasteiger partial charge in [0.05, 0.1) is 5.69 Å². The van der Waals surface area contributed by atoms with Crippen LogP contribution in [-0.4, -0.2) is 50.5 Å². The molecule has 1 aliphatic carbocycles. The third-order valence-corrected chi connectivity index (χ3v) is 5.62. The summed E-state index contributed by atoms with van der Waals surface area (Å²) in [6.45, 7) is 3.61. The smallest absolute Gasteiger partial charge is 0.225 e. The summed E-state index contributed by atoms with van der Waals surface area (Å²) in [6.07, 6.45) is 7.89. The van der Waals surface area contributed by atoms with Crippen LogP contribution in [0.25, 0.3) is 11.3 Å².